The van der Waals surface area contributed by atoms with Crippen molar-refractivity contribution in [2.45, 2.75) is 25.8 Å². The first kappa shape index (κ1) is 18.0. The molecule has 1 amide bonds. The highest BCUT2D eigenvalue weighted by atomic mass is 16.5. The fourth-order valence-electron chi connectivity index (χ4n) is 2.66. The van der Waals surface area contributed by atoms with Crippen molar-refractivity contribution in [1.29, 1.82) is 0 Å². The Hall–Kier alpha value is -2.33. The molecule has 2 rings (SSSR count). The molecule has 1 N–H and O–H groups in total. The molecular weight excluding hydrogens is 300 g/mol. The van der Waals surface area contributed by atoms with E-state index in [-0.39, 0.29) is 11.9 Å². The number of likely N-dealkylation sites (N-methyl/N-ethyl adjacent to an activating group) is 1. The normalized spacial score (nSPS) is 12.0. The standard InChI is InChI=1S/C20H26N2O2/c1-4-5-15-22(2)19(16-9-7-6-8-10-16)20(23)21-17-11-13-18(24-3)14-12-17/h6-14,19H,4-5,15H2,1-3H3,(H,21,23). The van der Waals surface area contributed by atoms with Crippen LogP contribution in [0.5, 0.6) is 5.75 Å². The molecule has 0 saturated carbocycles. The van der Waals surface area contributed by atoms with E-state index in [1.54, 1.807) is 7.11 Å². The summed E-state index contributed by atoms with van der Waals surface area (Å²) in [5.41, 5.74) is 1.77. The van der Waals surface area contributed by atoms with Crippen LogP contribution in [0.3, 0.4) is 0 Å². The highest BCUT2D eigenvalue weighted by Crippen LogP contribution is 2.23. The lowest BCUT2D eigenvalue weighted by Crippen LogP contribution is -2.35. The van der Waals surface area contributed by atoms with Crippen LogP contribution < -0.4 is 10.1 Å². The quantitative estimate of drug-likeness (QED) is 0.794. The van der Waals surface area contributed by atoms with Crippen LogP contribution in [0.2, 0.25) is 0 Å². The lowest BCUT2D eigenvalue weighted by molar-refractivity contribution is -0.121. The van der Waals surface area contributed by atoms with Crippen LogP contribution in [0, 0.1) is 0 Å². The Kier molecular flexibility index (Phi) is 6.82. The van der Waals surface area contributed by atoms with Crippen molar-refractivity contribution >= 4 is 11.6 Å². The summed E-state index contributed by atoms with van der Waals surface area (Å²) in [4.78, 5) is 15.0. The molecule has 0 radical (unpaired) electrons. The number of rotatable bonds is 8. The van der Waals surface area contributed by atoms with Crippen LogP contribution in [0.1, 0.15) is 31.4 Å². The number of carbonyl (C=O) groups is 1. The van der Waals surface area contributed by atoms with Gasteiger partial charge in [0.15, 0.2) is 0 Å². The van der Waals surface area contributed by atoms with E-state index in [2.05, 4.69) is 17.1 Å². The minimum atomic E-state index is -0.306. The molecule has 0 bridgehead atoms. The Bertz CT molecular complexity index is 626. The third-order valence-corrected chi connectivity index (χ3v) is 4.03. The van der Waals surface area contributed by atoms with Crippen molar-refractivity contribution < 1.29 is 9.53 Å². The van der Waals surface area contributed by atoms with Crippen LogP contribution in [0.25, 0.3) is 0 Å². The van der Waals surface area contributed by atoms with Gasteiger partial charge in [-0.1, -0.05) is 43.7 Å². The first-order chi connectivity index (χ1) is 11.7. The molecule has 0 aromatic heterocycles. The average Bonchev–Trinajstić information content (AvgIpc) is 2.61. The Morgan fingerprint density at radius 3 is 2.38 bits per heavy atom. The molecule has 2 aromatic rings. The molecule has 0 aliphatic rings. The summed E-state index contributed by atoms with van der Waals surface area (Å²) in [6.07, 6.45) is 2.17. The van der Waals surface area contributed by atoms with Gasteiger partial charge in [-0.05, 0) is 49.8 Å². The molecule has 0 aliphatic heterocycles. The topological polar surface area (TPSA) is 41.6 Å². The molecule has 24 heavy (non-hydrogen) atoms. The zero-order valence-electron chi connectivity index (χ0n) is 14.7. The Morgan fingerprint density at radius 2 is 1.79 bits per heavy atom. The van der Waals surface area contributed by atoms with Crippen LogP contribution in [0.4, 0.5) is 5.69 Å². The number of nitrogens with one attached hydrogen (secondary N) is 1. The number of hydrogen-bond donors (Lipinski definition) is 1. The highest BCUT2D eigenvalue weighted by molar-refractivity contribution is 5.95. The average molecular weight is 326 g/mol. The van der Waals surface area contributed by atoms with Gasteiger partial charge in [0, 0.05) is 5.69 Å². The maximum absolute atomic E-state index is 12.9. The second-order valence-corrected chi connectivity index (χ2v) is 5.87. The number of nitrogens with zero attached hydrogens (tertiary/aromatic N) is 1. The van der Waals surface area contributed by atoms with Crippen LogP contribution in [0.15, 0.2) is 54.6 Å². The summed E-state index contributed by atoms with van der Waals surface area (Å²) in [6, 6.07) is 17.0. The molecule has 0 saturated heterocycles. The van der Waals surface area contributed by atoms with Gasteiger partial charge in [0.25, 0.3) is 0 Å². The van der Waals surface area contributed by atoms with Gasteiger partial charge >= 0.3 is 0 Å². The smallest absolute Gasteiger partial charge is 0.246 e. The number of ether oxygens (including phenoxy) is 1. The molecule has 1 atom stereocenters. The van der Waals surface area contributed by atoms with E-state index in [1.165, 1.54) is 0 Å². The van der Waals surface area contributed by atoms with Gasteiger partial charge in [0.05, 0.1) is 7.11 Å². The second kappa shape index (κ2) is 9.08. The number of methoxy groups -OCH3 is 1. The van der Waals surface area contributed by atoms with Crippen molar-refractivity contribution in [2.75, 3.05) is 26.0 Å². The SMILES string of the molecule is CCCCN(C)C(C(=O)Nc1ccc(OC)cc1)c1ccccc1. The summed E-state index contributed by atoms with van der Waals surface area (Å²) in [7, 11) is 3.63. The Balaban J connectivity index is 2.17. The molecule has 128 valence electrons. The van der Waals surface area contributed by atoms with Crippen LogP contribution >= 0.6 is 0 Å². The van der Waals surface area contributed by atoms with E-state index < -0.39 is 0 Å². The fourth-order valence-corrected chi connectivity index (χ4v) is 2.66. The third-order valence-electron chi connectivity index (χ3n) is 4.03. The third kappa shape index (κ3) is 4.83. The molecule has 4 heteroatoms. The molecule has 0 spiro atoms. The van der Waals surface area contributed by atoms with E-state index in [1.807, 2.05) is 61.6 Å². The molecular formula is C20H26N2O2. The lowest BCUT2D eigenvalue weighted by atomic mass is 10.0. The Morgan fingerprint density at radius 1 is 1.12 bits per heavy atom. The molecule has 0 heterocycles. The van der Waals surface area contributed by atoms with E-state index in [4.69, 9.17) is 4.74 Å². The number of carbonyl (C=O) groups excluding carboxylic acids is 1. The first-order valence-corrected chi connectivity index (χ1v) is 8.35. The van der Waals surface area contributed by atoms with Crippen molar-refractivity contribution in [3.63, 3.8) is 0 Å². The van der Waals surface area contributed by atoms with E-state index >= 15 is 0 Å². The molecule has 0 aliphatic carbocycles. The second-order valence-electron chi connectivity index (χ2n) is 5.87. The molecule has 2 aromatic carbocycles. The highest BCUT2D eigenvalue weighted by Gasteiger charge is 2.24. The monoisotopic (exact) mass is 326 g/mol. The van der Waals surface area contributed by atoms with Gasteiger partial charge in [-0.15, -0.1) is 0 Å². The van der Waals surface area contributed by atoms with Crippen molar-refractivity contribution in [3.8, 4) is 5.75 Å². The lowest BCUT2D eigenvalue weighted by Gasteiger charge is -2.27. The fraction of sp³-hybridized carbons (Fsp3) is 0.350. The van der Waals surface area contributed by atoms with Gasteiger partial charge in [0.2, 0.25) is 5.91 Å². The van der Waals surface area contributed by atoms with E-state index in [0.717, 1.165) is 36.4 Å². The van der Waals surface area contributed by atoms with Crippen molar-refractivity contribution in [3.05, 3.63) is 60.2 Å². The molecule has 1 unspecified atom stereocenters. The first-order valence-electron chi connectivity index (χ1n) is 8.35. The zero-order chi connectivity index (χ0) is 17.4. The summed E-state index contributed by atoms with van der Waals surface area (Å²) in [5, 5.41) is 3.01. The predicted molar refractivity (Wildman–Crippen MR) is 98.3 cm³/mol. The van der Waals surface area contributed by atoms with E-state index in [9.17, 15) is 4.79 Å². The van der Waals surface area contributed by atoms with Gasteiger partial charge in [-0.2, -0.15) is 0 Å². The van der Waals surface area contributed by atoms with Gasteiger partial charge in [0.1, 0.15) is 11.8 Å². The van der Waals surface area contributed by atoms with Crippen LogP contribution in [-0.4, -0.2) is 31.5 Å². The molecule has 4 nitrogen and oxygen atoms in total. The minimum Gasteiger partial charge on any atom is -0.497 e. The summed E-state index contributed by atoms with van der Waals surface area (Å²) < 4.78 is 5.15. The summed E-state index contributed by atoms with van der Waals surface area (Å²) in [6.45, 7) is 3.04. The number of amides is 1. The number of hydrogen-bond acceptors (Lipinski definition) is 3. The number of unbranched alkanes of at least 4 members (excludes halogenated alkanes) is 1. The van der Waals surface area contributed by atoms with Crippen molar-refractivity contribution in [1.82, 2.24) is 4.90 Å². The minimum absolute atomic E-state index is 0.0232. The predicted octanol–water partition coefficient (Wildman–Crippen LogP) is 4.11. The van der Waals surface area contributed by atoms with Gasteiger partial charge in [-0.25, -0.2) is 0 Å². The summed E-state index contributed by atoms with van der Waals surface area (Å²) in [5.74, 6) is 0.748. The Labute approximate surface area is 144 Å². The summed E-state index contributed by atoms with van der Waals surface area (Å²) >= 11 is 0. The largest absolute Gasteiger partial charge is 0.497 e. The van der Waals surface area contributed by atoms with E-state index in [0.29, 0.717) is 0 Å². The number of benzene rings is 2. The maximum atomic E-state index is 12.9. The van der Waals surface area contributed by atoms with Gasteiger partial charge in [-0.3, -0.25) is 9.69 Å². The maximum Gasteiger partial charge on any atom is 0.246 e. The van der Waals surface area contributed by atoms with Gasteiger partial charge < -0.3 is 10.1 Å². The zero-order valence-corrected chi connectivity index (χ0v) is 14.7. The van der Waals surface area contributed by atoms with Crippen molar-refractivity contribution in [2.24, 2.45) is 0 Å². The molecule has 0 fully saturated rings. The van der Waals surface area contributed by atoms with Crippen LogP contribution in [-0.2, 0) is 4.79 Å². The number of anilines is 1.